The molecular weight excluding hydrogens is 448 g/mol. The summed E-state index contributed by atoms with van der Waals surface area (Å²) in [4.78, 5) is 40.9. The lowest BCUT2D eigenvalue weighted by Gasteiger charge is -2.48. The summed E-state index contributed by atoms with van der Waals surface area (Å²) in [5.41, 5.74) is 2.49. The lowest BCUT2D eigenvalue weighted by Crippen LogP contribution is -2.63. The first-order chi connectivity index (χ1) is 16.8. The predicted octanol–water partition coefficient (Wildman–Crippen LogP) is 1.79. The Balaban J connectivity index is 1.06. The highest BCUT2D eigenvalue weighted by molar-refractivity contribution is 5.96. The maximum absolute atomic E-state index is 12.3. The Hall–Kier alpha value is -3.43. The Morgan fingerprint density at radius 1 is 1.17 bits per heavy atom. The number of carbonyl (C=O) groups is 2. The first-order valence-corrected chi connectivity index (χ1v) is 12.0. The maximum atomic E-state index is 12.3. The molecule has 5 rings (SSSR count). The van der Waals surface area contributed by atoms with E-state index in [2.05, 4.69) is 20.5 Å². The number of fused-ring (bicyclic) bond motifs is 1. The minimum absolute atomic E-state index is 0.0496. The third-order valence-electron chi connectivity index (χ3n) is 7.22. The molecule has 9 heteroatoms. The van der Waals surface area contributed by atoms with Crippen LogP contribution in [0.15, 0.2) is 51.7 Å². The average molecular weight is 479 g/mol. The Kier molecular flexibility index (Phi) is 6.21. The Morgan fingerprint density at radius 2 is 1.94 bits per heavy atom. The molecule has 2 aliphatic rings. The summed E-state index contributed by atoms with van der Waals surface area (Å²) in [5.74, 6) is -0.950. The highest BCUT2D eigenvalue weighted by Crippen LogP contribution is 2.40. The van der Waals surface area contributed by atoms with Crippen molar-refractivity contribution < 1.29 is 19.1 Å². The number of rotatable bonds is 6. The van der Waals surface area contributed by atoms with E-state index in [0.717, 1.165) is 37.1 Å². The van der Waals surface area contributed by atoms with Crippen LogP contribution in [0.25, 0.3) is 11.1 Å². The number of oxazole rings is 1. The van der Waals surface area contributed by atoms with Crippen molar-refractivity contribution in [2.45, 2.75) is 50.3 Å². The fraction of sp³-hybridized carbons (Fsp3) is 0.423. The van der Waals surface area contributed by atoms with Crippen LogP contribution in [0, 0.1) is 6.92 Å². The van der Waals surface area contributed by atoms with Gasteiger partial charge < -0.3 is 20.2 Å². The number of nitrogens with one attached hydrogen (secondary N) is 3. The molecule has 1 aliphatic carbocycles. The summed E-state index contributed by atoms with van der Waals surface area (Å²) in [6.07, 6.45) is 2.96. The summed E-state index contributed by atoms with van der Waals surface area (Å²) >= 11 is 0. The minimum Gasteiger partial charge on any atom is -0.408 e. The van der Waals surface area contributed by atoms with Crippen LogP contribution >= 0.6 is 0 Å². The second kappa shape index (κ2) is 9.31. The SMILES string of the molecule is Cc1cccc(C(=O)NCC(=O)NC2CN(C3CCC(O)(c4ccc5oc(=O)[nH]c5c4)CC3)C2)c1. The standard InChI is InChI=1S/C26H30N4O5/c1-16-3-2-4-17(11-16)24(32)27-13-23(31)28-19-14-30(15-19)20-7-9-26(34,10-8-20)18-5-6-22-21(12-18)29-25(33)35-22/h2-6,11-12,19-20,34H,7-10,13-15H2,1H3,(H,27,32)(H,28,31)(H,29,33). The van der Waals surface area contributed by atoms with Gasteiger partial charge in [-0.2, -0.15) is 0 Å². The van der Waals surface area contributed by atoms with Gasteiger partial charge in [-0.25, -0.2) is 4.79 Å². The number of benzene rings is 2. The zero-order valence-corrected chi connectivity index (χ0v) is 19.7. The zero-order valence-electron chi connectivity index (χ0n) is 19.7. The van der Waals surface area contributed by atoms with Crippen molar-refractivity contribution in [3.63, 3.8) is 0 Å². The van der Waals surface area contributed by atoms with Gasteiger partial charge in [0.2, 0.25) is 5.91 Å². The van der Waals surface area contributed by atoms with Crippen LogP contribution in [0.2, 0.25) is 0 Å². The molecule has 35 heavy (non-hydrogen) atoms. The van der Waals surface area contributed by atoms with E-state index < -0.39 is 11.4 Å². The third kappa shape index (κ3) is 5.01. The first kappa shape index (κ1) is 23.3. The molecule has 0 atom stereocenters. The van der Waals surface area contributed by atoms with Gasteiger partial charge in [0.25, 0.3) is 5.91 Å². The molecule has 1 aliphatic heterocycles. The molecule has 2 heterocycles. The van der Waals surface area contributed by atoms with Crippen LogP contribution in [-0.2, 0) is 10.4 Å². The van der Waals surface area contributed by atoms with E-state index in [1.165, 1.54) is 0 Å². The maximum Gasteiger partial charge on any atom is 0.417 e. The molecular formula is C26H30N4O5. The molecule has 0 bridgehead atoms. The molecule has 4 N–H and O–H groups in total. The highest BCUT2D eigenvalue weighted by atomic mass is 16.4. The van der Waals surface area contributed by atoms with Crippen LogP contribution in [0.5, 0.6) is 0 Å². The number of hydrogen-bond acceptors (Lipinski definition) is 6. The van der Waals surface area contributed by atoms with E-state index in [0.29, 0.717) is 35.5 Å². The number of aryl methyl sites for hydroxylation is 1. The molecule has 1 saturated heterocycles. The molecule has 2 aromatic carbocycles. The number of hydrogen-bond donors (Lipinski definition) is 4. The Morgan fingerprint density at radius 3 is 2.69 bits per heavy atom. The molecule has 1 saturated carbocycles. The summed E-state index contributed by atoms with van der Waals surface area (Å²) in [5, 5.41) is 16.9. The van der Waals surface area contributed by atoms with E-state index in [9.17, 15) is 19.5 Å². The normalized spacial score (nSPS) is 23.1. The number of amides is 2. The van der Waals surface area contributed by atoms with Gasteiger partial charge in [0, 0.05) is 24.7 Å². The van der Waals surface area contributed by atoms with E-state index in [4.69, 9.17) is 4.42 Å². The second-order valence-electron chi connectivity index (χ2n) is 9.76. The van der Waals surface area contributed by atoms with Crippen molar-refractivity contribution in [3.05, 3.63) is 69.7 Å². The molecule has 2 amide bonds. The van der Waals surface area contributed by atoms with Crippen molar-refractivity contribution >= 4 is 22.9 Å². The molecule has 1 aromatic heterocycles. The number of likely N-dealkylation sites (tertiary alicyclic amines) is 1. The second-order valence-corrected chi connectivity index (χ2v) is 9.76. The van der Waals surface area contributed by atoms with Crippen molar-refractivity contribution in [2.24, 2.45) is 0 Å². The molecule has 0 unspecified atom stereocenters. The van der Waals surface area contributed by atoms with Gasteiger partial charge in [0.1, 0.15) is 0 Å². The Labute approximate surface area is 202 Å². The molecule has 2 fully saturated rings. The van der Waals surface area contributed by atoms with Crippen molar-refractivity contribution in [1.29, 1.82) is 0 Å². The highest BCUT2D eigenvalue weighted by Gasteiger charge is 2.40. The van der Waals surface area contributed by atoms with E-state index in [1.807, 2.05) is 25.1 Å². The quantitative estimate of drug-likeness (QED) is 0.428. The monoisotopic (exact) mass is 478 g/mol. The molecule has 184 valence electrons. The summed E-state index contributed by atoms with van der Waals surface area (Å²) < 4.78 is 5.05. The van der Waals surface area contributed by atoms with E-state index in [-0.39, 0.29) is 24.4 Å². The van der Waals surface area contributed by atoms with Gasteiger partial charge in [-0.3, -0.25) is 19.5 Å². The summed E-state index contributed by atoms with van der Waals surface area (Å²) in [6, 6.07) is 13.0. The lowest BCUT2D eigenvalue weighted by molar-refractivity contribution is -0.122. The van der Waals surface area contributed by atoms with E-state index in [1.54, 1.807) is 24.3 Å². The van der Waals surface area contributed by atoms with Gasteiger partial charge >= 0.3 is 5.76 Å². The molecule has 0 radical (unpaired) electrons. The number of aliphatic hydroxyl groups is 1. The van der Waals surface area contributed by atoms with Gasteiger partial charge in [0.05, 0.1) is 23.7 Å². The summed E-state index contributed by atoms with van der Waals surface area (Å²) in [6.45, 7) is 3.40. The predicted molar refractivity (Wildman–Crippen MR) is 130 cm³/mol. The van der Waals surface area contributed by atoms with Crippen molar-refractivity contribution in [1.82, 2.24) is 20.5 Å². The largest absolute Gasteiger partial charge is 0.417 e. The number of aromatic amines is 1. The van der Waals surface area contributed by atoms with Crippen molar-refractivity contribution in [2.75, 3.05) is 19.6 Å². The molecule has 9 nitrogen and oxygen atoms in total. The van der Waals surface area contributed by atoms with Crippen LogP contribution in [0.3, 0.4) is 0 Å². The van der Waals surface area contributed by atoms with Crippen LogP contribution in [0.4, 0.5) is 0 Å². The smallest absolute Gasteiger partial charge is 0.408 e. The fourth-order valence-electron chi connectivity index (χ4n) is 5.21. The fourth-order valence-corrected chi connectivity index (χ4v) is 5.21. The van der Waals surface area contributed by atoms with Gasteiger partial charge in [-0.15, -0.1) is 0 Å². The molecule has 3 aromatic rings. The van der Waals surface area contributed by atoms with Gasteiger partial charge in [-0.05, 0) is 62.4 Å². The van der Waals surface area contributed by atoms with Crippen molar-refractivity contribution in [3.8, 4) is 0 Å². The van der Waals surface area contributed by atoms with Gasteiger partial charge in [0.15, 0.2) is 5.58 Å². The van der Waals surface area contributed by atoms with Gasteiger partial charge in [-0.1, -0.05) is 23.8 Å². The number of carbonyl (C=O) groups excluding carboxylic acids is 2. The topological polar surface area (TPSA) is 128 Å². The Bertz CT molecular complexity index is 1300. The third-order valence-corrected chi connectivity index (χ3v) is 7.22. The van der Waals surface area contributed by atoms with E-state index >= 15 is 0 Å². The molecule has 0 spiro atoms. The van der Waals surface area contributed by atoms with Crippen LogP contribution in [0.1, 0.15) is 47.2 Å². The summed E-state index contributed by atoms with van der Waals surface area (Å²) in [7, 11) is 0. The first-order valence-electron chi connectivity index (χ1n) is 12.0. The minimum atomic E-state index is -0.924. The number of aromatic nitrogens is 1. The average Bonchev–Trinajstić information content (AvgIpc) is 3.19. The lowest BCUT2D eigenvalue weighted by atomic mass is 9.76. The number of nitrogens with zero attached hydrogens (tertiary/aromatic N) is 1. The zero-order chi connectivity index (χ0) is 24.6. The van der Waals surface area contributed by atoms with Crippen LogP contribution < -0.4 is 16.4 Å². The number of H-pyrrole nitrogens is 1. The van der Waals surface area contributed by atoms with Crippen LogP contribution in [-0.4, -0.2) is 58.5 Å².